The van der Waals surface area contributed by atoms with Crippen molar-refractivity contribution >= 4 is 0 Å². The summed E-state index contributed by atoms with van der Waals surface area (Å²) < 4.78 is 23.6. The average Bonchev–Trinajstić information content (AvgIpc) is 2.89. The predicted molar refractivity (Wildman–Crippen MR) is 72.9 cm³/mol. The predicted octanol–water partition coefficient (Wildman–Crippen LogP) is 2.58. The standard InChI is InChI=1S/C14H18FN3O2/c1-8(2)10(7-16)14-17-13(18-20-14)9-4-5-11(15)12(6-9)19-3/h4-6,8,10H,7,16H2,1-3H3. The average molecular weight is 279 g/mol. The summed E-state index contributed by atoms with van der Waals surface area (Å²) in [4.78, 5) is 4.34. The third kappa shape index (κ3) is 2.80. The fourth-order valence-electron chi connectivity index (χ4n) is 1.96. The summed E-state index contributed by atoms with van der Waals surface area (Å²) in [5.41, 5.74) is 6.36. The van der Waals surface area contributed by atoms with Crippen molar-refractivity contribution in [1.82, 2.24) is 10.1 Å². The van der Waals surface area contributed by atoms with E-state index in [1.807, 2.05) is 13.8 Å². The summed E-state index contributed by atoms with van der Waals surface area (Å²) in [6.07, 6.45) is 0. The smallest absolute Gasteiger partial charge is 0.231 e. The molecule has 20 heavy (non-hydrogen) atoms. The molecule has 0 spiro atoms. The van der Waals surface area contributed by atoms with E-state index in [1.165, 1.54) is 19.2 Å². The Balaban J connectivity index is 2.33. The Morgan fingerprint density at radius 2 is 2.15 bits per heavy atom. The van der Waals surface area contributed by atoms with Crippen LogP contribution in [0.2, 0.25) is 0 Å². The second-order valence-corrected chi connectivity index (χ2v) is 4.89. The molecular weight excluding hydrogens is 261 g/mol. The molecule has 0 saturated heterocycles. The number of hydrogen-bond donors (Lipinski definition) is 1. The van der Waals surface area contributed by atoms with Gasteiger partial charge >= 0.3 is 0 Å². The second kappa shape index (κ2) is 6.00. The molecular formula is C14H18FN3O2. The van der Waals surface area contributed by atoms with Crippen LogP contribution in [-0.2, 0) is 0 Å². The van der Waals surface area contributed by atoms with Crippen molar-refractivity contribution in [2.75, 3.05) is 13.7 Å². The van der Waals surface area contributed by atoms with Gasteiger partial charge in [0.1, 0.15) is 0 Å². The summed E-state index contributed by atoms with van der Waals surface area (Å²) >= 11 is 0. The van der Waals surface area contributed by atoms with Crippen LogP contribution < -0.4 is 10.5 Å². The fourth-order valence-corrected chi connectivity index (χ4v) is 1.96. The first kappa shape index (κ1) is 14.5. The van der Waals surface area contributed by atoms with E-state index >= 15 is 0 Å². The summed E-state index contributed by atoms with van der Waals surface area (Å²) in [7, 11) is 1.41. The number of methoxy groups -OCH3 is 1. The first-order valence-electron chi connectivity index (χ1n) is 6.44. The SMILES string of the molecule is COc1cc(-c2noc(C(CN)C(C)C)n2)ccc1F. The van der Waals surface area contributed by atoms with Gasteiger partial charge in [-0.1, -0.05) is 19.0 Å². The van der Waals surface area contributed by atoms with Crippen molar-refractivity contribution in [3.05, 3.63) is 29.9 Å². The van der Waals surface area contributed by atoms with Gasteiger partial charge in [-0.05, 0) is 24.1 Å². The molecule has 2 rings (SSSR count). The van der Waals surface area contributed by atoms with Gasteiger partial charge in [-0.25, -0.2) is 4.39 Å². The second-order valence-electron chi connectivity index (χ2n) is 4.89. The van der Waals surface area contributed by atoms with Gasteiger partial charge in [0.2, 0.25) is 11.7 Å². The van der Waals surface area contributed by atoms with E-state index in [1.54, 1.807) is 6.07 Å². The van der Waals surface area contributed by atoms with Crippen molar-refractivity contribution < 1.29 is 13.7 Å². The van der Waals surface area contributed by atoms with Crippen molar-refractivity contribution in [2.45, 2.75) is 19.8 Å². The molecule has 0 bridgehead atoms. The van der Waals surface area contributed by atoms with Gasteiger partial charge in [-0.3, -0.25) is 0 Å². The molecule has 1 atom stereocenters. The van der Waals surface area contributed by atoms with E-state index in [4.69, 9.17) is 15.0 Å². The first-order chi connectivity index (χ1) is 9.56. The fraction of sp³-hybridized carbons (Fsp3) is 0.429. The number of nitrogens with zero attached hydrogens (tertiary/aromatic N) is 2. The highest BCUT2D eigenvalue weighted by Gasteiger charge is 2.21. The van der Waals surface area contributed by atoms with Gasteiger partial charge in [0.15, 0.2) is 11.6 Å². The van der Waals surface area contributed by atoms with E-state index in [2.05, 4.69) is 10.1 Å². The van der Waals surface area contributed by atoms with Gasteiger partial charge in [0.05, 0.1) is 13.0 Å². The molecule has 0 aliphatic heterocycles. The van der Waals surface area contributed by atoms with Crippen LogP contribution in [-0.4, -0.2) is 23.8 Å². The maximum atomic E-state index is 13.4. The van der Waals surface area contributed by atoms with Gasteiger partial charge in [0, 0.05) is 12.1 Å². The lowest BCUT2D eigenvalue weighted by Gasteiger charge is -2.13. The minimum Gasteiger partial charge on any atom is -0.494 e. The van der Waals surface area contributed by atoms with Crippen LogP contribution in [0.3, 0.4) is 0 Å². The molecule has 1 heterocycles. The highest BCUT2D eigenvalue weighted by atomic mass is 19.1. The molecule has 0 aliphatic carbocycles. The Labute approximate surface area is 116 Å². The highest BCUT2D eigenvalue weighted by Crippen LogP contribution is 2.27. The van der Waals surface area contributed by atoms with E-state index in [-0.39, 0.29) is 11.7 Å². The van der Waals surface area contributed by atoms with Crippen molar-refractivity contribution in [3.8, 4) is 17.1 Å². The van der Waals surface area contributed by atoms with Crippen molar-refractivity contribution in [2.24, 2.45) is 11.7 Å². The molecule has 0 aliphatic rings. The zero-order chi connectivity index (χ0) is 14.7. The number of halogens is 1. The summed E-state index contributed by atoms with van der Waals surface area (Å²) in [6, 6.07) is 4.43. The van der Waals surface area contributed by atoms with E-state index in [9.17, 15) is 4.39 Å². The Morgan fingerprint density at radius 1 is 1.40 bits per heavy atom. The highest BCUT2D eigenvalue weighted by molar-refractivity contribution is 5.57. The van der Waals surface area contributed by atoms with Crippen LogP contribution in [0.4, 0.5) is 4.39 Å². The lowest BCUT2D eigenvalue weighted by atomic mass is 9.96. The molecule has 1 aromatic carbocycles. The van der Waals surface area contributed by atoms with Gasteiger partial charge in [0.25, 0.3) is 0 Å². The van der Waals surface area contributed by atoms with Crippen LogP contribution >= 0.6 is 0 Å². The van der Waals surface area contributed by atoms with Crippen LogP contribution in [0.1, 0.15) is 25.7 Å². The molecule has 6 heteroatoms. The van der Waals surface area contributed by atoms with Crippen molar-refractivity contribution in [3.63, 3.8) is 0 Å². The first-order valence-corrected chi connectivity index (χ1v) is 6.44. The number of rotatable bonds is 5. The molecule has 0 fully saturated rings. The minimum absolute atomic E-state index is 0.0126. The quantitative estimate of drug-likeness (QED) is 0.910. The number of benzene rings is 1. The summed E-state index contributed by atoms with van der Waals surface area (Å²) in [6.45, 7) is 4.52. The molecule has 2 N–H and O–H groups in total. The topological polar surface area (TPSA) is 74.2 Å². The lowest BCUT2D eigenvalue weighted by Crippen LogP contribution is -2.18. The van der Waals surface area contributed by atoms with Crippen LogP contribution in [0.25, 0.3) is 11.4 Å². The Kier molecular flexibility index (Phi) is 4.34. The molecule has 2 aromatic rings. The van der Waals surface area contributed by atoms with Crippen molar-refractivity contribution in [1.29, 1.82) is 0 Å². The summed E-state index contributed by atoms with van der Waals surface area (Å²) in [5.74, 6) is 0.933. The molecule has 1 aromatic heterocycles. The van der Waals surface area contributed by atoms with Crippen LogP contribution in [0, 0.1) is 11.7 Å². The van der Waals surface area contributed by atoms with E-state index in [0.717, 1.165) is 0 Å². The Bertz CT molecular complexity index is 584. The number of aromatic nitrogens is 2. The van der Waals surface area contributed by atoms with E-state index in [0.29, 0.717) is 29.7 Å². The Hall–Kier alpha value is -1.95. The minimum atomic E-state index is -0.429. The molecule has 1 unspecified atom stereocenters. The number of ether oxygens (including phenoxy) is 1. The summed E-state index contributed by atoms with van der Waals surface area (Å²) in [5, 5.41) is 3.92. The number of hydrogen-bond acceptors (Lipinski definition) is 5. The molecule has 0 radical (unpaired) electrons. The van der Waals surface area contributed by atoms with Gasteiger partial charge in [-0.2, -0.15) is 4.98 Å². The molecule has 0 amide bonds. The number of nitrogens with two attached hydrogens (primary N) is 1. The van der Waals surface area contributed by atoms with E-state index < -0.39 is 5.82 Å². The van der Waals surface area contributed by atoms with Gasteiger partial charge in [-0.15, -0.1) is 0 Å². The zero-order valence-electron chi connectivity index (χ0n) is 11.8. The largest absolute Gasteiger partial charge is 0.494 e. The lowest BCUT2D eigenvalue weighted by molar-refractivity contribution is 0.324. The molecule has 5 nitrogen and oxygen atoms in total. The third-order valence-corrected chi connectivity index (χ3v) is 3.23. The normalized spacial score (nSPS) is 12.7. The molecule has 0 saturated carbocycles. The van der Waals surface area contributed by atoms with Crippen LogP contribution in [0.5, 0.6) is 5.75 Å². The maximum absolute atomic E-state index is 13.4. The molecule has 108 valence electrons. The third-order valence-electron chi connectivity index (χ3n) is 3.23. The monoisotopic (exact) mass is 279 g/mol. The maximum Gasteiger partial charge on any atom is 0.231 e. The Morgan fingerprint density at radius 3 is 2.75 bits per heavy atom. The zero-order valence-corrected chi connectivity index (χ0v) is 11.8. The van der Waals surface area contributed by atoms with Gasteiger partial charge < -0.3 is 15.0 Å². The van der Waals surface area contributed by atoms with Crippen LogP contribution in [0.15, 0.2) is 22.7 Å².